The van der Waals surface area contributed by atoms with Crippen molar-refractivity contribution in [3.8, 4) is 0 Å². The van der Waals surface area contributed by atoms with Crippen LogP contribution >= 0.6 is 0 Å². The quantitative estimate of drug-likeness (QED) is 0.303. The highest BCUT2D eigenvalue weighted by molar-refractivity contribution is 7.92. The summed E-state index contributed by atoms with van der Waals surface area (Å²) in [6.07, 6.45) is 1.78. The van der Waals surface area contributed by atoms with Crippen LogP contribution in [0.15, 0.2) is 42.5 Å². The van der Waals surface area contributed by atoms with E-state index in [0.29, 0.717) is 16.6 Å². The van der Waals surface area contributed by atoms with E-state index in [4.69, 9.17) is 0 Å². The van der Waals surface area contributed by atoms with E-state index in [9.17, 15) is 26.7 Å². The molecule has 0 unspecified atom stereocenters. The van der Waals surface area contributed by atoms with Crippen LogP contribution in [0.5, 0.6) is 0 Å². The Labute approximate surface area is 177 Å². The van der Waals surface area contributed by atoms with E-state index in [1.54, 1.807) is 30.3 Å². The zero-order chi connectivity index (χ0) is 22.6. The lowest BCUT2D eigenvalue weighted by Crippen LogP contribution is -2.16. The van der Waals surface area contributed by atoms with Crippen LogP contribution in [0.1, 0.15) is 10.4 Å². The van der Waals surface area contributed by atoms with Gasteiger partial charge < -0.3 is 5.11 Å². The van der Waals surface area contributed by atoms with Gasteiger partial charge in [0.1, 0.15) is 0 Å². The lowest BCUT2D eigenvalue weighted by molar-refractivity contribution is 0.0699. The molecule has 0 saturated carbocycles. The van der Waals surface area contributed by atoms with Gasteiger partial charge in [-0.3, -0.25) is 9.44 Å². The zero-order valence-electron chi connectivity index (χ0n) is 16.2. The summed E-state index contributed by atoms with van der Waals surface area (Å²) < 4.78 is 52.5. The van der Waals surface area contributed by atoms with Gasteiger partial charge in [-0.25, -0.2) is 31.6 Å². The third-order valence-corrected chi connectivity index (χ3v) is 5.59. The average molecular weight is 460 g/mol. The van der Waals surface area contributed by atoms with E-state index in [2.05, 4.69) is 19.4 Å². The first-order chi connectivity index (χ1) is 14.4. The molecule has 0 amide bonds. The highest BCUT2D eigenvalue weighted by Crippen LogP contribution is 2.39. The number of benzene rings is 3. The molecule has 0 aliphatic rings. The highest BCUT2D eigenvalue weighted by atomic mass is 32.2. The highest BCUT2D eigenvalue weighted by Gasteiger charge is 2.23. The van der Waals surface area contributed by atoms with Crippen molar-refractivity contribution < 1.29 is 26.7 Å². The zero-order valence-corrected chi connectivity index (χ0v) is 17.9. The molecule has 160 valence electrons. The van der Waals surface area contributed by atoms with Crippen LogP contribution in [0.2, 0.25) is 0 Å². The first-order valence-corrected chi connectivity index (χ1v) is 12.6. The van der Waals surface area contributed by atoms with Crippen LogP contribution in [-0.4, -0.2) is 50.4 Å². The summed E-state index contributed by atoms with van der Waals surface area (Å²) in [5, 5.41) is 10.0. The molecule has 0 fully saturated rings. The molecule has 12 heteroatoms. The third-order valence-electron chi connectivity index (χ3n) is 4.42. The van der Waals surface area contributed by atoms with Gasteiger partial charge in [0.15, 0.2) is 0 Å². The second kappa shape index (κ2) is 7.03. The Morgan fingerprint density at radius 2 is 1.48 bits per heavy atom. The Balaban J connectivity index is 2.26. The van der Waals surface area contributed by atoms with Crippen LogP contribution in [0.4, 0.5) is 11.4 Å². The molecule has 1 aromatic heterocycles. The summed E-state index contributed by atoms with van der Waals surface area (Å²) >= 11 is 0. The number of anilines is 2. The van der Waals surface area contributed by atoms with E-state index in [1.807, 2.05) is 0 Å². The molecule has 0 saturated heterocycles. The Morgan fingerprint density at radius 1 is 0.871 bits per heavy atom. The van der Waals surface area contributed by atoms with Crippen molar-refractivity contribution >= 4 is 70.2 Å². The van der Waals surface area contributed by atoms with Crippen LogP contribution in [0.25, 0.3) is 32.8 Å². The predicted molar refractivity (Wildman–Crippen MR) is 118 cm³/mol. The number of para-hydroxylation sites is 2. The van der Waals surface area contributed by atoms with Gasteiger partial charge in [-0.05, 0) is 24.3 Å². The second-order valence-corrected chi connectivity index (χ2v) is 10.5. The van der Waals surface area contributed by atoms with Gasteiger partial charge in [-0.1, -0.05) is 18.2 Å². The van der Waals surface area contributed by atoms with Crippen molar-refractivity contribution in [3.63, 3.8) is 0 Å². The van der Waals surface area contributed by atoms with Crippen LogP contribution in [0, 0.1) is 0 Å². The van der Waals surface area contributed by atoms with E-state index < -0.39 is 26.0 Å². The Morgan fingerprint density at radius 3 is 2.06 bits per heavy atom. The fourth-order valence-corrected chi connectivity index (χ4v) is 4.49. The maximum atomic E-state index is 12.1. The summed E-state index contributed by atoms with van der Waals surface area (Å²) in [7, 11) is -7.74. The van der Waals surface area contributed by atoms with E-state index in [1.165, 1.54) is 6.07 Å². The fourth-order valence-electron chi connectivity index (χ4n) is 3.34. The molecule has 4 rings (SSSR count). The van der Waals surface area contributed by atoms with Crippen molar-refractivity contribution in [2.75, 3.05) is 22.0 Å². The summed E-state index contributed by atoms with van der Waals surface area (Å²) in [6, 6.07) is 11.1. The number of fused-ring (bicyclic) bond motifs is 4. The monoisotopic (exact) mass is 460 g/mol. The SMILES string of the molecule is CS(=O)(=O)Nc1cc(C(=O)O)c2ccc3nc4ccccc4nc3c2c1NS(C)(=O)=O. The number of hydrogen-bond donors (Lipinski definition) is 3. The molecule has 0 spiro atoms. The number of carboxylic acid groups (broad SMARTS) is 1. The smallest absolute Gasteiger partial charge is 0.336 e. The molecule has 10 nitrogen and oxygen atoms in total. The van der Waals surface area contributed by atoms with Gasteiger partial charge in [0.25, 0.3) is 0 Å². The lowest BCUT2D eigenvalue weighted by atomic mass is 9.99. The number of rotatable bonds is 5. The lowest BCUT2D eigenvalue weighted by Gasteiger charge is -2.18. The number of aromatic carboxylic acids is 1. The van der Waals surface area contributed by atoms with Crippen molar-refractivity contribution in [2.24, 2.45) is 0 Å². The number of hydrogen-bond acceptors (Lipinski definition) is 7. The standard InChI is InChI=1S/C19H16N4O6S2/c1-30(26,27)22-15-9-11(19(24)25)10-7-8-14-17(16(10)18(15)23-31(2,28)29)21-13-6-4-3-5-12(13)20-14/h3-9,22-23H,1-2H3,(H,24,25). The maximum absolute atomic E-state index is 12.1. The minimum Gasteiger partial charge on any atom is -0.478 e. The number of carboxylic acids is 1. The predicted octanol–water partition coefficient (Wildman–Crippen LogP) is 2.38. The van der Waals surface area contributed by atoms with Crippen molar-refractivity contribution in [1.29, 1.82) is 0 Å². The molecule has 0 bridgehead atoms. The van der Waals surface area contributed by atoms with Crippen molar-refractivity contribution in [3.05, 3.63) is 48.0 Å². The molecule has 31 heavy (non-hydrogen) atoms. The summed E-state index contributed by atoms with van der Waals surface area (Å²) in [5.74, 6) is -1.32. The summed E-state index contributed by atoms with van der Waals surface area (Å²) in [6.45, 7) is 0. The van der Waals surface area contributed by atoms with Crippen molar-refractivity contribution in [1.82, 2.24) is 9.97 Å². The van der Waals surface area contributed by atoms with E-state index >= 15 is 0 Å². The van der Waals surface area contributed by atoms with Gasteiger partial charge in [-0.15, -0.1) is 0 Å². The molecular weight excluding hydrogens is 444 g/mol. The minimum atomic E-state index is -3.87. The Hall–Kier alpha value is -3.51. The summed E-state index contributed by atoms with van der Waals surface area (Å²) in [5.41, 5.74) is 1.11. The first-order valence-electron chi connectivity index (χ1n) is 8.78. The van der Waals surface area contributed by atoms with Crippen LogP contribution in [0.3, 0.4) is 0 Å². The van der Waals surface area contributed by atoms with Gasteiger partial charge in [-0.2, -0.15) is 0 Å². The molecule has 4 aromatic rings. The first kappa shape index (κ1) is 20.8. The summed E-state index contributed by atoms with van der Waals surface area (Å²) in [4.78, 5) is 21.0. The van der Waals surface area contributed by atoms with Crippen LogP contribution < -0.4 is 9.44 Å². The van der Waals surface area contributed by atoms with Gasteiger partial charge in [0, 0.05) is 10.8 Å². The minimum absolute atomic E-state index is 0.118. The second-order valence-electron chi connectivity index (χ2n) is 6.97. The molecular formula is C19H16N4O6S2. The van der Waals surface area contributed by atoms with Gasteiger partial charge in [0.2, 0.25) is 20.0 Å². The molecule has 0 atom stereocenters. The Bertz CT molecular complexity index is 1620. The molecule has 0 radical (unpaired) electrons. The number of sulfonamides is 2. The average Bonchev–Trinajstić information content (AvgIpc) is 2.65. The molecule has 3 aromatic carbocycles. The van der Waals surface area contributed by atoms with Crippen molar-refractivity contribution in [2.45, 2.75) is 0 Å². The molecule has 0 aliphatic carbocycles. The van der Waals surface area contributed by atoms with E-state index in [-0.39, 0.29) is 33.2 Å². The maximum Gasteiger partial charge on any atom is 0.336 e. The number of nitrogens with zero attached hydrogens (tertiary/aromatic N) is 2. The molecule has 0 aliphatic heterocycles. The topological polar surface area (TPSA) is 155 Å². The normalized spacial score (nSPS) is 12.3. The fraction of sp³-hybridized carbons (Fsp3) is 0.105. The number of nitrogens with one attached hydrogen (secondary N) is 2. The largest absolute Gasteiger partial charge is 0.478 e. The number of aromatic nitrogens is 2. The van der Waals surface area contributed by atoms with Crippen LogP contribution in [-0.2, 0) is 20.0 Å². The molecule has 1 heterocycles. The van der Waals surface area contributed by atoms with E-state index in [0.717, 1.165) is 18.6 Å². The van der Waals surface area contributed by atoms with Gasteiger partial charge >= 0.3 is 5.97 Å². The number of carbonyl (C=O) groups is 1. The van der Waals surface area contributed by atoms with Gasteiger partial charge in [0.05, 0.1) is 51.5 Å². The third kappa shape index (κ3) is 4.07. The Kier molecular flexibility index (Phi) is 4.70. The molecule has 3 N–H and O–H groups in total.